The molecule has 2 N–H and O–H groups in total. The molecule has 0 aliphatic carbocycles. The van der Waals surface area contributed by atoms with E-state index in [1.807, 2.05) is 13.0 Å². The van der Waals surface area contributed by atoms with E-state index in [4.69, 9.17) is 14.9 Å². The minimum atomic E-state index is -3.43. The van der Waals surface area contributed by atoms with Crippen LogP contribution in [0.4, 0.5) is 0 Å². The van der Waals surface area contributed by atoms with Gasteiger partial charge in [-0.3, -0.25) is 9.32 Å². The maximum absolute atomic E-state index is 13.0. The highest BCUT2D eigenvalue weighted by Crippen LogP contribution is 2.60. The van der Waals surface area contributed by atoms with Crippen LogP contribution in [0, 0.1) is 0 Å². The zero-order valence-corrected chi connectivity index (χ0v) is 17.0. The van der Waals surface area contributed by atoms with Gasteiger partial charge < -0.3 is 10.4 Å². The molecule has 6 nitrogen and oxygen atoms in total. The summed E-state index contributed by atoms with van der Waals surface area (Å²) in [4.78, 5) is 12.8. The summed E-state index contributed by atoms with van der Waals surface area (Å²) in [5, 5.41) is 3.68. The Hall–Kier alpha value is -2.08. The van der Waals surface area contributed by atoms with Crippen molar-refractivity contribution in [1.29, 1.82) is 0 Å². The Morgan fingerprint density at radius 3 is 2.41 bits per heavy atom. The first-order valence-electron chi connectivity index (χ1n) is 8.60. The molecule has 0 amide bonds. The van der Waals surface area contributed by atoms with Crippen LogP contribution in [-0.4, -0.2) is 23.9 Å². The van der Waals surface area contributed by atoms with Crippen LogP contribution in [0.15, 0.2) is 59.7 Å². The first-order valence-corrected chi connectivity index (χ1v) is 11.7. The quantitative estimate of drug-likeness (QED) is 0.198. The van der Waals surface area contributed by atoms with Crippen LogP contribution in [0.25, 0.3) is 0 Å². The summed E-state index contributed by atoms with van der Waals surface area (Å²) in [6, 6.07) is 15.4. The Kier molecular flexibility index (Phi) is 8.10. The highest BCUT2D eigenvalue weighted by Gasteiger charge is 2.29. The van der Waals surface area contributed by atoms with Crippen molar-refractivity contribution in [3.05, 3.63) is 65.7 Å². The summed E-state index contributed by atoms with van der Waals surface area (Å²) in [6.07, 6.45) is 0.828. The second-order valence-corrected chi connectivity index (χ2v) is 9.58. The molecule has 0 aliphatic rings. The second kappa shape index (κ2) is 10.3. The van der Waals surface area contributed by atoms with Gasteiger partial charge in [-0.15, -0.1) is 0 Å². The number of hydrogen-bond donors (Lipinski definition) is 1. The van der Waals surface area contributed by atoms with Gasteiger partial charge in [0, 0.05) is 16.9 Å². The third-order valence-electron chi connectivity index (χ3n) is 3.47. The maximum atomic E-state index is 13.0. The van der Waals surface area contributed by atoms with Gasteiger partial charge in [0.1, 0.15) is 11.5 Å². The molecular formula is C19H23N2O4PS. The lowest BCUT2D eigenvalue weighted by atomic mass is 10.00. The first-order chi connectivity index (χ1) is 13.0. The van der Waals surface area contributed by atoms with E-state index >= 15 is 0 Å². The molecule has 0 saturated carbocycles. The van der Waals surface area contributed by atoms with Gasteiger partial charge in [0.05, 0.1) is 6.61 Å². The predicted octanol–water partition coefficient (Wildman–Crippen LogP) is 4.90. The predicted molar refractivity (Wildman–Crippen MR) is 111 cm³/mol. The highest BCUT2D eigenvalue weighted by atomic mass is 32.7. The lowest BCUT2D eigenvalue weighted by molar-refractivity contribution is 0.106. The van der Waals surface area contributed by atoms with E-state index < -0.39 is 6.80 Å². The molecule has 0 aromatic heterocycles. The van der Waals surface area contributed by atoms with E-state index in [1.165, 1.54) is 0 Å². The van der Waals surface area contributed by atoms with Crippen LogP contribution >= 0.6 is 18.2 Å². The van der Waals surface area contributed by atoms with Crippen molar-refractivity contribution in [3.8, 4) is 5.75 Å². The standard InChI is InChI=1S/C19H23N2O4PS/c1-3-14-27-26(23,24-4-2)25-17-13-9-8-12-16(17)18(21-20)19(22)15-10-6-5-7-11-15/h5-13H,3-4,14,20H2,1-2H3/b21-18+. The molecule has 0 spiro atoms. The molecule has 1 unspecified atom stereocenters. The molecule has 2 rings (SSSR count). The van der Waals surface area contributed by atoms with E-state index in [1.54, 1.807) is 55.5 Å². The Bertz CT molecular complexity index is 843. The number of para-hydroxylation sites is 1. The Balaban J connectivity index is 2.38. The molecular weight excluding hydrogens is 383 g/mol. The van der Waals surface area contributed by atoms with Crippen LogP contribution in [0.2, 0.25) is 0 Å². The van der Waals surface area contributed by atoms with Gasteiger partial charge in [0.2, 0.25) is 5.78 Å². The van der Waals surface area contributed by atoms with Crippen LogP contribution in [0.3, 0.4) is 0 Å². The third-order valence-corrected chi connectivity index (χ3v) is 7.41. The van der Waals surface area contributed by atoms with E-state index in [0.29, 0.717) is 16.9 Å². The lowest BCUT2D eigenvalue weighted by Gasteiger charge is -2.19. The van der Waals surface area contributed by atoms with Crippen molar-refractivity contribution in [1.82, 2.24) is 0 Å². The SMILES string of the molecule is CCCSP(=O)(OCC)Oc1ccccc1/C(=N\N)C(=O)c1ccccc1. The molecule has 0 bridgehead atoms. The summed E-state index contributed by atoms with van der Waals surface area (Å²) in [6.45, 7) is 0.551. The van der Waals surface area contributed by atoms with Crippen LogP contribution in [0.5, 0.6) is 5.75 Å². The molecule has 1 atom stereocenters. The maximum Gasteiger partial charge on any atom is 0.440 e. The number of hydrogen-bond acceptors (Lipinski definition) is 7. The van der Waals surface area contributed by atoms with Crippen LogP contribution in [0.1, 0.15) is 36.2 Å². The van der Waals surface area contributed by atoms with Gasteiger partial charge in [0.15, 0.2) is 0 Å². The monoisotopic (exact) mass is 406 g/mol. The number of ketones is 1. The molecule has 27 heavy (non-hydrogen) atoms. The van der Waals surface area contributed by atoms with Gasteiger partial charge in [-0.1, -0.05) is 49.4 Å². The number of Topliss-reactive ketones (excluding diaryl/α,β-unsaturated/α-hetero) is 1. The number of hydrazone groups is 1. The highest BCUT2D eigenvalue weighted by molar-refractivity contribution is 8.55. The largest absolute Gasteiger partial charge is 0.440 e. The van der Waals surface area contributed by atoms with Gasteiger partial charge in [0.25, 0.3) is 0 Å². The number of carbonyl (C=O) groups excluding carboxylic acids is 1. The summed E-state index contributed by atoms with van der Waals surface area (Å²) in [5.74, 6) is 6.04. The molecule has 0 radical (unpaired) electrons. The summed E-state index contributed by atoms with van der Waals surface area (Å²) in [7, 11) is 0. The van der Waals surface area contributed by atoms with Gasteiger partial charge in [-0.05, 0) is 36.9 Å². The van der Waals surface area contributed by atoms with E-state index in [0.717, 1.165) is 17.8 Å². The Morgan fingerprint density at radius 1 is 1.11 bits per heavy atom. The Morgan fingerprint density at radius 2 is 1.78 bits per heavy atom. The van der Waals surface area contributed by atoms with Crippen molar-refractivity contribution in [2.24, 2.45) is 10.9 Å². The Labute approximate surface area is 163 Å². The van der Waals surface area contributed by atoms with Crippen molar-refractivity contribution in [3.63, 3.8) is 0 Å². The fourth-order valence-corrected chi connectivity index (χ4v) is 5.75. The fourth-order valence-electron chi connectivity index (χ4n) is 2.29. The molecule has 2 aromatic rings. The average Bonchev–Trinajstić information content (AvgIpc) is 2.69. The fraction of sp³-hybridized carbons (Fsp3) is 0.263. The van der Waals surface area contributed by atoms with Crippen LogP contribution in [-0.2, 0) is 9.09 Å². The van der Waals surface area contributed by atoms with E-state index in [2.05, 4.69) is 5.10 Å². The van der Waals surface area contributed by atoms with Crippen LogP contribution < -0.4 is 10.4 Å². The lowest BCUT2D eigenvalue weighted by Crippen LogP contribution is -2.18. The van der Waals surface area contributed by atoms with Crippen molar-refractivity contribution >= 4 is 29.7 Å². The first kappa shape index (κ1) is 21.2. The number of benzene rings is 2. The van der Waals surface area contributed by atoms with Crippen molar-refractivity contribution in [2.45, 2.75) is 20.3 Å². The minimum absolute atomic E-state index is 0.0281. The molecule has 8 heteroatoms. The molecule has 144 valence electrons. The number of nitrogens with zero attached hydrogens (tertiary/aromatic N) is 1. The average molecular weight is 406 g/mol. The molecule has 0 saturated heterocycles. The van der Waals surface area contributed by atoms with Crippen molar-refractivity contribution in [2.75, 3.05) is 12.4 Å². The topological polar surface area (TPSA) is 91.0 Å². The zero-order valence-electron chi connectivity index (χ0n) is 15.3. The van der Waals surface area contributed by atoms with Crippen molar-refractivity contribution < 1.29 is 18.4 Å². The number of carbonyl (C=O) groups is 1. The molecule has 2 aromatic carbocycles. The minimum Gasteiger partial charge on any atom is -0.416 e. The van der Waals surface area contributed by atoms with Gasteiger partial charge in [-0.2, -0.15) is 5.10 Å². The normalized spacial score (nSPS) is 13.8. The number of rotatable bonds is 10. The summed E-state index contributed by atoms with van der Waals surface area (Å²) >= 11 is 1.13. The molecule has 0 aliphatic heterocycles. The zero-order chi connectivity index (χ0) is 19.7. The number of nitrogens with two attached hydrogens (primary N) is 1. The third kappa shape index (κ3) is 5.70. The molecule has 0 fully saturated rings. The van der Waals surface area contributed by atoms with E-state index in [-0.39, 0.29) is 23.9 Å². The second-order valence-electron chi connectivity index (χ2n) is 5.46. The smallest absolute Gasteiger partial charge is 0.416 e. The van der Waals surface area contributed by atoms with E-state index in [9.17, 15) is 9.36 Å². The summed E-state index contributed by atoms with van der Waals surface area (Å²) in [5.41, 5.74) is 0.844. The summed E-state index contributed by atoms with van der Waals surface area (Å²) < 4.78 is 24.1. The van der Waals surface area contributed by atoms with Gasteiger partial charge >= 0.3 is 6.80 Å². The molecule has 0 heterocycles. The van der Waals surface area contributed by atoms with Gasteiger partial charge in [-0.25, -0.2) is 4.57 Å².